The summed E-state index contributed by atoms with van der Waals surface area (Å²) in [7, 11) is 0. The number of nitrogens with zero attached hydrogens (tertiary/aromatic N) is 2. The molecule has 0 aromatic heterocycles. The fraction of sp³-hybridized carbons (Fsp3) is 0.318. The Labute approximate surface area is 165 Å². The third-order valence-corrected chi connectivity index (χ3v) is 3.88. The molecule has 1 amide bonds. The molecule has 0 aliphatic rings. The number of rotatable bonds is 8. The summed E-state index contributed by atoms with van der Waals surface area (Å²) in [4.78, 5) is 26.2. The Hall–Kier alpha value is -3.33. The Bertz CT molecular complexity index is 836. The summed E-state index contributed by atoms with van der Waals surface area (Å²) in [5.74, 6) is -0.314. The van der Waals surface area contributed by atoms with Crippen molar-refractivity contribution in [3.8, 4) is 11.8 Å². The van der Waals surface area contributed by atoms with Crippen LogP contribution in [0.15, 0.2) is 48.5 Å². The first-order chi connectivity index (χ1) is 13.4. The monoisotopic (exact) mass is 380 g/mol. The smallest absolute Gasteiger partial charge is 0.338 e. The minimum Gasteiger partial charge on any atom is -0.491 e. The molecule has 0 atom stereocenters. The van der Waals surface area contributed by atoms with E-state index < -0.39 is 12.6 Å². The van der Waals surface area contributed by atoms with Crippen LogP contribution in [0.2, 0.25) is 0 Å². The van der Waals surface area contributed by atoms with Crippen molar-refractivity contribution >= 4 is 17.6 Å². The van der Waals surface area contributed by atoms with Gasteiger partial charge in [0.2, 0.25) is 0 Å². The highest BCUT2D eigenvalue weighted by molar-refractivity contribution is 5.97. The molecule has 0 saturated carbocycles. The second-order valence-corrected chi connectivity index (χ2v) is 6.56. The Balaban J connectivity index is 2.00. The molecule has 0 aliphatic carbocycles. The lowest BCUT2D eigenvalue weighted by Crippen LogP contribution is -2.35. The highest BCUT2D eigenvalue weighted by Crippen LogP contribution is 2.17. The molecule has 146 valence electrons. The average Bonchev–Trinajstić information content (AvgIpc) is 2.67. The number of amides is 1. The number of carbonyl (C=O) groups is 2. The zero-order chi connectivity index (χ0) is 20.5. The highest BCUT2D eigenvalue weighted by Gasteiger charge is 2.18. The van der Waals surface area contributed by atoms with Crippen LogP contribution < -0.4 is 9.64 Å². The second kappa shape index (κ2) is 10.1. The number of benzene rings is 2. The van der Waals surface area contributed by atoms with Crippen LogP contribution in [0.25, 0.3) is 0 Å². The van der Waals surface area contributed by atoms with Crippen molar-refractivity contribution in [2.45, 2.75) is 33.3 Å². The molecule has 0 aliphatic heterocycles. The van der Waals surface area contributed by atoms with Crippen molar-refractivity contribution in [1.82, 2.24) is 0 Å². The van der Waals surface area contributed by atoms with Gasteiger partial charge < -0.3 is 14.4 Å². The van der Waals surface area contributed by atoms with Crippen LogP contribution >= 0.6 is 0 Å². The number of anilines is 1. The fourth-order valence-corrected chi connectivity index (χ4v) is 2.51. The minimum atomic E-state index is -0.589. The first-order valence-corrected chi connectivity index (χ1v) is 9.08. The van der Waals surface area contributed by atoms with Gasteiger partial charge in [-0.3, -0.25) is 4.79 Å². The molecule has 0 fully saturated rings. The van der Waals surface area contributed by atoms with Crippen molar-refractivity contribution in [2.24, 2.45) is 0 Å². The fourth-order valence-electron chi connectivity index (χ4n) is 2.51. The van der Waals surface area contributed by atoms with E-state index in [9.17, 15) is 9.59 Å². The first kappa shape index (κ1) is 21.0. The van der Waals surface area contributed by atoms with E-state index in [0.717, 1.165) is 5.56 Å². The molecule has 0 heterocycles. The molecule has 0 saturated heterocycles. The summed E-state index contributed by atoms with van der Waals surface area (Å²) in [6.45, 7) is 5.61. The quantitative estimate of drug-likeness (QED) is 0.649. The van der Waals surface area contributed by atoms with E-state index in [1.54, 1.807) is 36.4 Å². The Morgan fingerprint density at radius 2 is 1.71 bits per heavy atom. The third-order valence-electron chi connectivity index (χ3n) is 3.88. The van der Waals surface area contributed by atoms with E-state index in [2.05, 4.69) is 0 Å². The minimum absolute atomic E-state index is 0.0385. The van der Waals surface area contributed by atoms with Crippen LogP contribution in [-0.2, 0) is 9.53 Å². The van der Waals surface area contributed by atoms with E-state index >= 15 is 0 Å². The molecule has 28 heavy (non-hydrogen) atoms. The van der Waals surface area contributed by atoms with Crippen molar-refractivity contribution in [1.29, 1.82) is 5.26 Å². The summed E-state index contributed by atoms with van der Waals surface area (Å²) in [6, 6.07) is 16.0. The maximum absolute atomic E-state index is 12.6. The Morgan fingerprint density at radius 1 is 1.07 bits per heavy atom. The van der Waals surface area contributed by atoms with Gasteiger partial charge in [0.25, 0.3) is 5.91 Å². The van der Waals surface area contributed by atoms with Crippen molar-refractivity contribution < 1.29 is 19.1 Å². The molecular weight excluding hydrogens is 356 g/mol. The van der Waals surface area contributed by atoms with E-state index in [1.807, 2.05) is 39.0 Å². The van der Waals surface area contributed by atoms with Crippen molar-refractivity contribution in [3.63, 3.8) is 0 Å². The van der Waals surface area contributed by atoms with Crippen LogP contribution in [0.5, 0.6) is 5.75 Å². The van der Waals surface area contributed by atoms with Crippen LogP contribution in [0.3, 0.4) is 0 Å². The van der Waals surface area contributed by atoms with Crippen LogP contribution in [0.1, 0.15) is 36.2 Å². The number of esters is 1. The number of nitriles is 1. The van der Waals surface area contributed by atoms with Gasteiger partial charge in [0, 0.05) is 12.2 Å². The number of hydrogen-bond donors (Lipinski definition) is 0. The maximum atomic E-state index is 12.6. The molecular formula is C22H24N2O4. The second-order valence-electron chi connectivity index (χ2n) is 6.56. The molecule has 0 unspecified atom stereocenters. The van der Waals surface area contributed by atoms with Crippen molar-refractivity contribution in [2.75, 3.05) is 18.1 Å². The molecule has 2 aromatic rings. The molecule has 2 rings (SSSR count). The average molecular weight is 380 g/mol. The lowest BCUT2D eigenvalue weighted by atomic mass is 10.2. The number of carbonyl (C=O) groups excluding carboxylic acids is 2. The largest absolute Gasteiger partial charge is 0.491 e. The maximum Gasteiger partial charge on any atom is 0.338 e. The van der Waals surface area contributed by atoms with E-state index in [1.165, 1.54) is 4.90 Å². The van der Waals surface area contributed by atoms with Gasteiger partial charge in [0.05, 0.1) is 24.2 Å². The number of ether oxygens (including phenoxy) is 2. The molecule has 6 heteroatoms. The van der Waals surface area contributed by atoms with Crippen LogP contribution in [-0.4, -0.2) is 31.1 Å². The molecule has 0 N–H and O–H groups in total. The predicted molar refractivity (Wildman–Crippen MR) is 106 cm³/mol. The van der Waals surface area contributed by atoms with Gasteiger partial charge in [-0.05, 0) is 57.2 Å². The molecule has 6 nitrogen and oxygen atoms in total. The van der Waals surface area contributed by atoms with Crippen molar-refractivity contribution in [3.05, 3.63) is 59.7 Å². The van der Waals surface area contributed by atoms with Crippen LogP contribution in [0, 0.1) is 18.3 Å². The summed E-state index contributed by atoms with van der Waals surface area (Å²) in [6.07, 6.45) is 0.224. The van der Waals surface area contributed by atoms with Gasteiger partial charge in [0.15, 0.2) is 6.61 Å². The zero-order valence-corrected chi connectivity index (χ0v) is 16.3. The molecule has 0 spiro atoms. The van der Waals surface area contributed by atoms with Gasteiger partial charge in [-0.15, -0.1) is 0 Å². The highest BCUT2D eigenvalue weighted by atomic mass is 16.5. The van der Waals surface area contributed by atoms with Gasteiger partial charge >= 0.3 is 5.97 Å². The van der Waals surface area contributed by atoms with Gasteiger partial charge in [-0.1, -0.05) is 17.7 Å². The number of hydrogen-bond acceptors (Lipinski definition) is 5. The van der Waals surface area contributed by atoms with E-state index in [4.69, 9.17) is 14.7 Å². The molecule has 2 aromatic carbocycles. The lowest BCUT2D eigenvalue weighted by molar-refractivity contribution is -0.121. The summed E-state index contributed by atoms with van der Waals surface area (Å²) in [5.41, 5.74) is 2.06. The summed E-state index contributed by atoms with van der Waals surface area (Å²) in [5, 5.41) is 8.85. The SMILES string of the molecule is Cc1ccc(N(CCC#N)C(=O)COC(=O)c2ccc(OC(C)C)cc2)cc1. The lowest BCUT2D eigenvalue weighted by Gasteiger charge is -2.21. The zero-order valence-electron chi connectivity index (χ0n) is 16.3. The Morgan fingerprint density at radius 3 is 2.29 bits per heavy atom. The third kappa shape index (κ3) is 6.13. The van der Waals surface area contributed by atoms with Crippen LogP contribution in [0.4, 0.5) is 5.69 Å². The van der Waals surface area contributed by atoms with E-state index in [-0.39, 0.29) is 25.0 Å². The standard InChI is InChI=1S/C22H24N2O4/c1-16(2)28-20-11-7-18(8-12-20)22(26)27-15-21(25)24(14-4-13-23)19-9-5-17(3)6-10-19/h5-12,16H,4,14-15H2,1-3H3. The molecule has 0 radical (unpaired) electrons. The number of aryl methyl sites for hydroxylation is 1. The first-order valence-electron chi connectivity index (χ1n) is 9.08. The predicted octanol–water partition coefficient (Wildman–Crippen LogP) is 3.89. The van der Waals surface area contributed by atoms with Gasteiger partial charge in [-0.25, -0.2) is 4.79 Å². The topological polar surface area (TPSA) is 79.6 Å². The summed E-state index contributed by atoms with van der Waals surface area (Å²) < 4.78 is 10.7. The van der Waals surface area contributed by atoms with Gasteiger partial charge in [-0.2, -0.15) is 5.26 Å². The van der Waals surface area contributed by atoms with E-state index in [0.29, 0.717) is 17.0 Å². The van der Waals surface area contributed by atoms with Gasteiger partial charge in [0.1, 0.15) is 5.75 Å². The Kier molecular flexibility index (Phi) is 7.58. The normalized spacial score (nSPS) is 10.2. The summed E-state index contributed by atoms with van der Waals surface area (Å²) >= 11 is 0. The molecule has 0 bridgehead atoms.